The van der Waals surface area contributed by atoms with Gasteiger partial charge in [0.1, 0.15) is 0 Å². The Bertz CT molecular complexity index is 367. The Morgan fingerprint density at radius 2 is 1.78 bits per heavy atom. The Kier molecular flexibility index (Phi) is 3.64. The van der Waals surface area contributed by atoms with Gasteiger partial charge in [-0.25, -0.2) is 0 Å². The maximum atomic E-state index is 9.36. The first kappa shape index (κ1) is 12.2. The predicted molar refractivity (Wildman–Crippen MR) is 70.2 cm³/mol. The third kappa shape index (κ3) is 2.44. The Balaban J connectivity index is 1.72. The molecule has 2 bridgehead atoms. The molecule has 0 aliphatic carbocycles. The van der Waals surface area contributed by atoms with Crippen molar-refractivity contribution >= 4 is 0 Å². The Morgan fingerprint density at radius 1 is 1.11 bits per heavy atom. The number of benzene rings is 1. The van der Waals surface area contributed by atoms with E-state index in [4.69, 9.17) is 4.74 Å². The summed E-state index contributed by atoms with van der Waals surface area (Å²) in [6, 6.07) is 11.6. The lowest BCUT2D eigenvalue weighted by Gasteiger charge is -2.48. The Morgan fingerprint density at radius 3 is 2.39 bits per heavy atom. The molecule has 1 N–H and O–H groups in total. The highest BCUT2D eigenvalue weighted by molar-refractivity contribution is 5.15. The molecule has 3 nitrogen and oxygen atoms in total. The van der Waals surface area contributed by atoms with Gasteiger partial charge in [0.05, 0.1) is 13.2 Å². The quantitative estimate of drug-likeness (QED) is 0.881. The summed E-state index contributed by atoms with van der Waals surface area (Å²) in [5, 5.41) is 9.36. The van der Waals surface area contributed by atoms with E-state index in [0.717, 1.165) is 32.6 Å². The van der Waals surface area contributed by atoms with Crippen molar-refractivity contribution in [3.8, 4) is 0 Å². The van der Waals surface area contributed by atoms with Crippen LogP contribution in [0, 0.1) is 5.92 Å². The van der Waals surface area contributed by atoms with Crippen LogP contribution in [0.25, 0.3) is 0 Å². The molecule has 2 saturated heterocycles. The molecule has 2 aliphatic heterocycles. The summed E-state index contributed by atoms with van der Waals surface area (Å²) >= 11 is 0. The third-order valence-electron chi connectivity index (χ3n) is 4.24. The second-order valence-corrected chi connectivity index (χ2v) is 5.52. The molecule has 18 heavy (non-hydrogen) atoms. The number of aliphatic hydroxyl groups excluding tert-OH is 1. The van der Waals surface area contributed by atoms with Gasteiger partial charge in [-0.05, 0) is 24.3 Å². The molecule has 2 heterocycles. The number of hydrogen-bond donors (Lipinski definition) is 1. The summed E-state index contributed by atoms with van der Waals surface area (Å²) in [5.74, 6) is 0.468. The van der Waals surface area contributed by atoms with Gasteiger partial charge >= 0.3 is 0 Å². The zero-order valence-corrected chi connectivity index (χ0v) is 10.7. The largest absolute Gasteiger partial charge is 0.396 e. The molecule has 3 rings (SSSR count). The van der Waals surface area contributed by atoms with Crippen molar-refractivity contribution < 1.29 is 9.84 Å². The topological polar surface area (TPSA) is 32.7 Å². The van der Waals surface area contributed by atoms with Crippen LogP contribution in [0.5, 0.6) is 0 Å². The Labute approximate surface area is 108 Å². The second kappa shape index (κ2) is 5.39. The summed E-state index contributed by atoms with van der Waals surface area (Å²) in [5.41, 5.74) is 1.37. The average Bonchev–Trinajstić information content (AvgIpc) is 2.39. The zero-order chi connectivity index (χ0) is 12.4. The summed E-state index contributed by atoms with van der Waals surface area (Å²) < 4.78 is 5.67. The van der Waals surface area contributed by atoms with Crippen LogP contribution >= 0.6 is 0 Å². The molecule has 0 aromatic heterocycles. The minimum atomic E-state index is 0.326. The molecule has 1 aromatic rings. The lowest BCUT2D eigenvalue weighted by Crippen LogP contribution is -2.56. The first-order chi connectivity index (χ1) is 8.86. The summed E-state index contributed by atoms with van der Waals surface area (Å²) in [6.45, 7) is 2.98. The molecule has 0 amide bonds. The minimum Gasteiger partial charge on any atom is -0.396 e. The maximum Gasteiger partial charge on any atom is 0.0623 e. The number of morpholine rings is 1. The second-order valence-electron chi connectivity index (χ2n) is 5.52. The van der Waals surface area contributed by atoms with Crippen molar-refractivity contribution in [2.24, 2.45) is 5.92 Å². The number of fused-ring (bicyclic) bond motifs is 2. The summed E-state index contributed by atoms with van der Waals surface area (Å²) in [7, 11) is 0. The van der Waals surface area contributed by atoms with Crippen molar-refractivity contribution in [1.29, 1.82) is 0 Å². The van der Waals surface area contributed by atoms with Gasteiger partial charge in [0, 0.05) is 25.2 Å². The van der Waals surface area contributed by atoms with Gasteiger partial charge < -0.3 is 9.84 Å². The fraction of sp³-hybridized carbons (Fsp3) is 0.600. The van der Waals surface area contributed by atoms with Crippen LogP contribution in [0.1, 0.15) is 18.4 Å². The number of aliphatic hydroxyl groups is 1. The van der Waals surface area contributed by atoms with Crippen LogP contribution < -0.4 is 0 Å². The maximum absolute atomic E-state index is 9.36. The van der Waals surface area contributed by atoms with Crippen molar-refractivity contribution in [2.45, 2.75) is 31.5 Å². The number of hydrogen-bond acceptors (Lipinski definition) is 3. The lowest BCUT2D eigenvalue weighted by molar-refractivity contribution is -0.0969. The van der Waals surface area contributed by atoms with E-state index in [-0.39, 0.29) is 0 Å². The van der Waals surface area contributed by atoms with E-state index in [1.165, 1.54) is 5.56 Å². The number of piperidine rings is 1. The van der Waals surface area contributed by atoms with E-state index in [9.17, 15) is 5.11 Å². The summed E-state index contributed by atoms with van der Waals surface area (Å²) in [4.78, 5) is 2.57. The van der Waals surface area contributed by atoms with Crippen molar-refractivity contribution in [3.05, 3.63) is 35.9 Å². The Hall–Kier alpha value is -0.900. The number of rotatable bonds is 3. The highest BCUT2D eigenvalue weighted by Crippen LogP contribution is 2.32. The molecule has 2 fully saturated rings. The van der Waals surface area contributed by atoms with E-state index >= 15 is 0 Å². The first-order valence-corrected chi connectivity index (χ1v) is 6.85. The van der Waals surface area contributed by atoms with Crippen LogP contribution in [0.2, 0.25) is 0 Å². The molecule has 0 radical (unpaired) electrons. The van der Waals surface area contributed by atoms with E-state index in [1.807, 2.05) is 0 Å². The van der Waals surface area contributed by atoms with E-state index in [1.54, 1.807) is 0 Å². The molecule has 2 aliphatic rings. The van der Waals surface area contributed by atoms with Gasteiger partial charge in [0.2, 0.25) is 0 Å². The van der Waals surface area contributed by atoms with Gasteiger partial charge in [-0.15, -0.1) is 0 Å². The van der Waals surface area contributed by atoms with Gasteiger partial charge in [-0.3, -0.25) is 4.90 Å². The van der Waals surface area contributed by atoms with Crippen LogP contribution in [0.15, 0.2) is 30.3 Å². The predicted octanol–water partition coefficient (Wildman–Crippen LogP) is 1.66. The van der Waals surface area contributed by atoms with E-state index < -0.39 is 0 Å². The highest BCUT2D eigenvalue weighted by atomic mass is 16.5. The van der Waals surface area contributed by atoms with Gasteiger partial charge in [-0.2, -0.15) is 0 Å². The fourth-order valence-corrected chi connectivity index (χ4v) is 3.30. The smallest absolute Gasteiger partial charge is 0.0623 e. The molecule has 0 saturated carbocycles. The SMILES string of the molecule is OCC1CC2COCC(C1)N2Cc1ccccc1. The minimum absolute atomic E-state index is 0.326. The summed E-state index contributed by atoms with van der Waals surface area (Å²) in [6.07, 6.45) is 2.14. The van der Waals surface area contributed by atoms with E-state index in [2.05, 4.69) is 35.2 Å². The fourth-order valence-electron chi connectivity index (χ4n) is 3.30. The van der Waals surface area contributed by atoms with Crippen molar-refractivity contribution in [2.75, 3.05) is 19.8 Å². The van der Waals surface area contributed by atoms with E-state index in [0.29, 0.717) is 24.6 Å². The zero-order valence-electron chi connectivity index (χ0n) is 10.7. The molecular weight excluding hydrogens is 226 g/mol. The highest BCUT2D eigenvalue weighted by Gasteiger charge is 2.38. The van der Waals surface area contributed by atoms with Gasteiger partial charge in [-0.1, -0.05) is 30.3 Å². The molecule has 3 heteroatoms. The molecule has 2 unspecified atom stereocenters. The van der Waals surface area contributed by atoms with Crippen LogP contribution in [0.3, 0.4) is 0 Å². The molecule has 98 valence electrons. The standard InChI is InChI=1S/C15H21NO2/c17-9-13-6-14-10-18-11-15(7-13)16(14)8-12-4-2-1-3-5-12/h1-5,13-15,17H,6-11H2. The monoisotopic (exact) mass is 247 g/mol. The van der Waals surface area contributed by atoms with Crippen LogP contribution in [-0.2, 0) is 11.3 Å². The normalized spacial score (nSPS) is 32.4. The van der Waals surface area contributed by atoms with Crippen LogP contribution in [-0.4, -0.2) is 41.9 Å². The number of ether oxygens (including phenoxy) is 1. The van der Waals surface area contributed by atoms with Crippen molar-refractivity contribution in [1.82, 2.24) is 4.90 Å². The number of nitrogens with zero attached hydrogens (tertiary/aromatic N) is 1. The molecule has 0 spiro atoms. The molecule has 1 aromatic carbocycles. The molecular formula is C15H21NO2. The van der Waals surface area contributed by atoms with Gasteiger partial charge in [0.15, 0.2) is 0 Å². The third-order valence-corrected chi connectivity index (χ3v) is 4.24. The molecule has 2 atom stereocenters. The average molecular weight is 247 g/mol. The lowest BCUT2D eigenvalue weighted by atomic mass is 9.85. The van der Waals surface area contributed by atoms with Gasteiger partial charge in [0.25, 0.3) is 0 Å². The van der Waals surface area contributed by atoms with Crippen molar-refractivity contribution in [3.63, 3.8) is 0 Å². The first-order valence-electron chi connectivity index (χ1n) is 6.85. The van der Waals surface area contributed by atoms with Crippen LogP contribution in [0.4, 0.5) is 0 Å².